The summed E-state index contributed by atoms with van der Waals surface area (Å²) in [4.78, 5) is 74.2. The van der Waals surface area contributed by atoms with Crippen molar-refractivity contribution in [2.45, 2.75) is 49.1 Å². The molecule has 16 nitrogen and oxygen atoms in total. The first-order chi connectivity index (χ1) is 25.0. The molecule has 23 heteroatoms. The summed E-state index contributed by atoms with van der Waals surface area (Å²) in [5, 5.41) is 46.9. The van der Waals surface area contributed by atoms with Gasteiger partial charge in [0.1, 0.15) is 26.6 Å². The smallest absolute Gasteiger partial charge is 0.352 e. The second-order valence-corrected chi connectivity index (χ2v) is 16.8. The van der Waals surface area contributed by atoms with Crippen molar-refractivity contribution in [2.24, 2.45) is 11.1 Å². The van der Waals surface area contributed by atoms with Crippen LogP contribution in [0.15, 0.2) is 32.3 Å². The summed E-state index contributed by atoms with van der Waals surface area (Å²) in [6.07, 6.45) is -3.05. The van der Waals surface area contributed by atoms with Crippen molar-refractivity contribution >= 4 is 103 Å². The number of alkyl halides is 2. The number of aromatic hydroxyl groups is 2. The molecule has 3 amide bonds. The maximum absolute atomic E-state index is 13.7. The number of phenolic OH excluding ortho intramolecular Hbond substituents is 2. The van der Waals surface area contributed by atoms with Crippen LogP contribution in [0.3, 0.4) is 0 Å². The molecule has 1 unspecified atom stereocenters. The fourth-order valence-electron chi connectivity index (χ4n) is 5.72. The van der Waals surface area contributed by atoms with Gasteiger partial charge in [0.15, 0.2) is 22.3 Å². The fourth-order valence-corrected chi connectivity index (χ4v) is 9.65. The molecule has 8 N–H and O–H groups in total. The van der Waals surface area contributed by atoms with E-state index in [0.29, 0.717) is 11.3 Å². The van der Waals surface area contributed by atoms with E-state index in [1.807, 2.05) is 0 Å². The average molecular weight is 884 g/mol. The van der Waals surface area contributed by atoms with Crippen LogP contribution in [0.25, 0.3) is 0 Å². The number of thiazole rings is 1. The van der Waals surface area contributed by atoms with E-state index in [-0.39, 0.29) is 61.8 Å². The third kappa shape index (κ3) is 8.93. The molecule has 3 aliphatic rings. The Labute approximate surface area is 324 Å². The molecule has 53 heavy (non-hydrogen) atoms. The predicted molar refractivity (Wildman–Crippen MR) is 194 cm³/mol. The number of nitrogens with zero attached hydrogens (tertiary/aromatic N) is 3. The molecular weight excluding hydrogens is 854 g/mol. The van der Waals surface area contributed by atoms with Crippen LogP contribution in [0.1, 0.15) is 41.7 Å². The number of carboxylic acids is 2. The van der Waals surface area contributed by atoms with E-state index in [1.54, 1.807) is 0 Å². The highest BCUT2D eigenvalue weighted by Gasteiger charge is 2.54. The quantitative estimate of drug-likeness (QED) is 0.0472. The molecular formula is C30H30BrClF2N6O10S3. The minimum atomic E-state index is -2.93. The van der Waals surface area contributed by atoms with Gasteiger partial charge < -0.3 is 41.6 Å². The molecule has 1 saturated carbocycles. The Hall–Kier alpha value is -3.86. The van der Waals surface area contributed by atoms with Gasteiger partial charge in [-0.05, 0) is 46.5 Å². The zero-order chi connectivity index (χ0) is 38.8. The normalized spacial score (nSPS) is 20.6. The van der Waals surface area contributed by atoms with E-state index in [4.69, 9.17) is 22.2 Å². The van der Waals surface area contributed by atoms with Gasteiger partial charge in [-0.3, -0.25) is 19.3 Å². The number of halogens is 4. The van der Waals surface area contributed by atoms with Gasteiger partial charge in [0.2, 0.25) is 12.0 Å². The summed E-state index contributed by atoms with van der Waals surface area (Å²) < 4.78 is 27.7. The number of benzene rings is 1. The van der Waals surface area contributed by atoms with Crippen LogP contribution >= 0.6 is 62.4 Å². The number of nitrogen functional groups attached to an aromatic ring is 1. The van der Waals surface area contributed by atoms with Gasteiger partial charge in [-0.1, -0.05) is 28.1 Å². The second-order valence-electron chi connectivity index (χ2n) is 11.9. The van der Waals surface area contributed by atoms with Crippen molar-refractivity contribution in [2.75, 3.05) is 29.5 Å². The molecule has 286 valence electrons. The van der Waals surface area contributed by atoms with E-state index in [0.717, 1.165) is 22.3 Å². The van der Waals surface area contributed by atoms with Gasteiger partial charge >= 0.3 is 11.9 Å². The molecule has 2 fully saturated rings. The number of carbonyl (C=O) groups is 5. The number of hydrogen-bond donors (Lipinski definition) is 7. The molecule has 0 radical (unpaired) electrons. The Bertz CT molecular complexity index is 1890. The van der Waals surface area contributed by atoms with E-state index in [2.05, 4.69) is 36.7 Å². The highest BCUT2D eigenvalue weighted by Crippen LogP contribution is 2.42. The number of nitrogens with one attached hydrogen (secondary N) is 2. The first kappa shape index (κ1) is 40.3. The van der Waals surface area contributed by atoms with Crippen molar-refractivity contribution < 1.29 is 58.0 Å². The van der Waals surface area contributed by atoms with E-state index in [9.17, 15) is 53.2 Å². The van der Waals surface area contributed by atoms with E-state index in [1.165, 1.54) is 29.6 Å². The lowest BCUT2D eigenvalue weighted by Gasteiger charge is -2.49. The molecule has 0 bridgehead atoms. The second kappa shape index (κ2) is 16.7. The average Bonchev–Trinajstić information content (AvgIpc) is 3.44. The number of amides is 3. The van der Waals surface area contributed by atoms with Gasteiger partial charge in [-0.2, -0.15) is 11.8 Å². The molecule has 1 aromatic carbocycles. The molecule has 1 saturated heterocycles. The summed E-state index contributed by atoms with van der Waals surface area (Å²) in [6, 6.07) is 1.15. The van der Waals surface area contributed by atoms with Crippen LogP contribution in [0.2, 0.25) is 5.02 Å². The number of carbonyl (C=O) groups excluding carboxylic acids is 3. The number of anilines is 1. The van der Waals surface area contributed by atoms with Crippen molar-refractivity contribution in [1.82, 2.24) is 20.5 Å². The summed E-state index contributed by atoms with van der Waals surface area (Å²) >= 11 is 12.6. The lowest BCUT2D eigenvalue weighted by atomic mass is 9.83. The fraction of sp³-hybridized carbons (Fsp3) is 0.433. The molecule has 3 heterocycles. The zero-order valence-electron chi connectivity index (χ0n) is 27.0. The number of oxime groups is 1. The van der Waals surface area contributed by atoms with Crippen LogP contribution in [0, 0.1) is 5.92 Å². The van der Waals surface area contributed by atoms with E-state index < -0.39 is 89.1 Å². The number of hydrogen-bond acceptors (Lipinski definition) is 14. The third-order valence-electron chi connectivity index (χ3n) is 8.42. The largest absolute Gasteiger partial charge is 0.504 e. The number of fused-ring (bicyclic) bond motifs is 1. The van der Waals surface area contributed by atoms with Crippen LogP contribution in [-0.4, -0.2) is 113 Å². The van der Waals surface area contributed by atoms with Crippen LogP contribution in [0.4, 0.5) is 13.9 Å². The Balaban J connectivity index is 1.23. The van der Waals surface area contributed by atoms with Crippen LogP contribution < -0.4 is 16.4 Å². The van der Waals surface area contributed by atoms with Crippen LogP contribution in [-0.2, 0) is 24.0 Å². The van der Waals surface area contributed by atoms with Gasteiger partial charge in [-0.25, -0.2) is 23.4 Å². The highest BCUT2D eigenvalue weighted by atomic mass is 79.9. The van der Waals surface area contributed by atoms with Gasteiger partial charge in [0.25, 0.3) is 17.7 Å². The minimum Gasteiger partial charge on any atom is -0.504 e. The van der Waals surface area contributed by atoms with Gasteiger partial charge in [-0.15, -0.1) is 11.8 Å². The Morgan fingerprint density at radius 2 is 1.92 bits per heavy atom. The Kier molecular flexibility index (Phi) is 12.7. The van der Waals surface area contributed by atoms with E-state index >= 15 is 0 Å². The molecule has 3 atom stereocenters. The maximum Gasteiger partial charge on any atom is 0.352 e. The lowest BCUT2D eigenvalue weighted by Crippen LogP contribution is -2.71. The monoisotopic (exact) mass is 882 g/mol. The van der Waals surface area contributed by atoms with Crippen molar-refractivity contribution in [3.05, 3.63) is 43.5 Å². The zero-order valence-corrected chi connectivity index (χ0v) is 31.8. The number of thioether (sulfide) groups is 2. The number of carboxylic acid groups (broad SMARTS) is 2. The number of rotatable bonds is 14. The molecule has 2 aromatic rings. The number of nitrogens with two attached hydrogens (primary N) is 1. The summed E-state index contributed by atoms with van der Waals surface area (Å²) in [7, 11) is 0. The first-order valence-electron chi connectivity index (χ1n) is 15.5. The highest BCUT2D eigenvalue weighted by molar-refractivity contribution is 9.11. The molecule has 1 aromatic heterocycles. The molecule has 0 spiro atoms. The van der Waals surface area contributed by atoms with Gasteiger partial charge in [0, 0.05) is 42.6 Å². The summed E-state index contributed by atoms with van der Waals surface area (Å²) in [5.41, 5.74) is 5.24. The maximum atomic E-state index is 13.7. The summed E-state index contributed by atoms with van der Waals surface area (Å²) in [6.45, 7) is 0.141. The Morgan fingerprint density at radius 3 is 2.55 bits per heavy atom. The topological polar surface area (TPSA) is 254 Å². The van der Waals surface area contributed by atoms with Crippen molar-refractivity contribution in [3.8, 4) is 11.5 Å². The number of phenols is 2. The standard InChI is InChI=1S/C30H30BrClF2N6O10S3/c31-22-16(38-29(35)53-22)17(39-50-21(28(48)49)11-3-5-30(33,34)6-4-11)24(44)37-18-25(45)40-19(27(46)47)12(10-52-26(18)40)9-51-8-7-36-23(43)13-1-2-14(41)20(42)15(13)32/h1-2,11,18,21,26,41-42H,3-10H2,(H2,35,38)(H,36,43)(H,37,44)(H,46,47)(H,48,49)/b39-17-/t18-,21?,26-/m1/s1. The molecule has 5 rings (SSSR count). The SMILES string of the molecule is Nc1nc(/C(=N/OC(C(=O)O)C2CCC(F)(F)CC2)C(=O)N[C@@H]2C(=O)N3C(C(=O)O)=C(CSCCNC(=O)c4ccc(O)c(O)c4Cl)CS[C@H]23)c(Br)s1. The third-order valence-corrected chi connectivity index (χ3v) is 12.7. The Morgan fingerprint density at radius 1 is 1.23 bits per heavy atom. The number of β-lactam (4-membered cyclic amide) rings is 1. The summed E-state index contributed by atoms with van der Waals surface area (Å²) in [5.74, 6) is -9.34. The van der Waals surface area contributed by atoms with Crippen molar-refractivity contribution in [3.63, 3.8) is 0 Å². The molecule has 1 aliphatic carbocycles. The van der Waals surface area contributed by atoms with Gasteiger partial charge in [0.05, 0.1) is 10.6 Å². The first-order valence-corrected chi connectivity index (χ1v) is 19.7. The minimum absolute atomic E-state index is 0.0106. The number of aliphatic carboxylic acids is 2. The lowest BCUT2D eigenvalue weighted by molar-refractivity contribution is -0.158. The van der Waals surface area contributed by atoms with Crippen LogP contribution in [0.5, 0.6) is 11.5 Å². The number of aromatic nitrogens is 1. The predicted octanol–water partition coefficient (Wildman–Crippen LogP) is 3.45. The molecule has 2 aliphatic heterocycles. The van der Waals surface area contributed by atoms with Crippen molar-refractivity contribution in [1.29, 1.82) is 0 Å².